The van der Waals surface area contributed by atoms with Crippen LogP contribution in [0.2, 0.25) is 0 Å². The standard InChI is InChI=1S/C7H9NO.2C2H6/c1-2-6-5-8-4-3-7(6)9;2*1-2/h3-5H,2H2,1H3,(H,8,9);2*1-2H3. The van der Waals surface area contributed by atoms with Crippen LogP contribution in [0.5, 0.6) is 0 Å². The first-order valence-corrected chi connectivity index (χ1v) is 5.00. The van der Waals surface area contributed by atoms with Crippen molar-refractivity contribution in [2.45, 2.75) is 41.0 Å². The van der Waals surface area contributed by atoms with E-state index in [1.54, 1.807) is 18.5 Å². The molecule has 0 amide bonds. The SMILES string of the molecule is CC.CC.CCc1c[nH]ccc1=O. The van der Waals surface area contributed by atoms with Crippen molar-refractivity contribution in [3.63, 3.8) is 0 Å². The average Bonchev–Trinajstić information content (AvgIpc) is 2.24. The third-order valence-electron chi connectivity index (χ3n) is 1.29. The van der Waals surface area contributed by atoms with Crippen molar-refractivity contribution in [3.05, 3.63) is 34.2 Å². The van der Waals surface area contributed by atoms with E-state index in [0.29, 0.717) is 0 Å². The maximum absolute atomic E-state index is 10.8. The highest BCUT2D eigenvalue weighted by atomic mass is 16.1. The molecule has 1 N–H and O–H groups in total. The zero-order valence-corrected chi connectivity index (χ0v) is 9.35. The predicted octanol–water partition coefficient (Wildman–Crippen LogP) is 2.99. The van der Waals surface area contributed by atoms with Crippen LogP contribution in [0.1, 0.15) is 40.2 Å². The molecule has 1 aromatic heterocycles. The van der Waals surface area contributed by atoms with Crippen molar-refractivity contribution in [3.8, 4) is 0 Å². The Morgan fingerprint density at radius 2 is 1.77 bits per heavy atom. The fourth-order valence-corrected chi connectivity index (χ4v) is 0.727. The van der Waals surface area contributed by atoms with Gasteiger partial charge in [0.2, 0.25) is 0 Å². The van der Waals surface area contributed by atoms with Gasteiger partial charge in [-0.2, -0.15) is 0 Å². The van der Waals surface area contributed by atoms with Crippen LogP contribution in [0.4, 0.5) is 0 Å². The molecule has 0 atom stereocenters. The molecule has 2 heteroatoms. The van der Waals surface area contributed by atoms with Gasteiger partial charge in [0.05, 0.1) is 0 Å². The quantitative estimate of drug-likeness (QED) is 0.713. The lowest BCUT2D eigenvalue weighted by Crippen LogP contribution is -2.04. The zero-order valence-electron chi connectivity index (χ0n) is 9.35. The first kappa shape index (κ1) is 14.5. The number of H-pyrrole nitrogens is 1. The second-order valence-corrected chi connectivity index (χ2v) is 1.89. The molecule has 0 aliphatic heterocycles. The van der Waals surface area contributed by atoms with Crippen molar-refractivity contribution in [2.24, 2.45) is 0 Å². The molecule has 0 fully saturated rings. The molecule has 76 valence electrons. The minimum atomic E-state index is 0.122. The summed E-state index contributed by atoms with van der Waals surface area (Å²) < 4.78 is 0. The van der Waals surface area contributed by atoms with E-state index in [1.165, 1.54) is 0 Å². The van der Waals surface area contributed by atoms with E-state index in [1.807, 2.05) is 34.6 Å². The molecule has 0 unspecified atom stereocenters. The lowest BCUT2D eigenvalue weighted by Gasteiger charge is -1.89. The maximum atomic E-state index is 10.8. The van der Waals surface area contributed by atoms with Gasteiger partial charge < -0.3 is 4.98 Å². The number of pyridine rings is 1. The van der Waals surface area contributed by atoms with E-state index in [0.717, 1.165) is 12.0 Å². The van der Waals surface area contributed by atoms with Crippen molar-refractivity contribution >= 4 is 0 Å². The highest BCUT2D eigenvalue weighted by Crippen LogP contribution is 1.86. The summed E-state index contributed by atoms with van der Waals surface area (Å²) in [6.07, 6.45) is 4.18. The molecule has 0 bridgehead atoms. The van der Waals surface area contributed by atoms with Crippen molar-refractivity contribution in [1.82, 2.24) is 4.98 Å². The van der Waals surface area contributed by atoms with Crippen molar-refractivity contribution < 1.29 is 0 Å². The number of rotatable bonds is 1. The number of hydrogen-bond acceptors (Lipinski definition) is 1. The van der Waals surface area contributed by atoms with Gasteiger partial charge in [0, 0.05) is 24.0 Å². The Balaban J connectivity index is 0. The Morgan fingerprint density at radius 1 is 1.23 bits per heavy atom. The summed E-state index contributed by atoms with van der Waals surface area (Å²) >= 11 is 0. The molecule has 2 nitrogen and oxygen atoms in total. The van der Waals surface area contributed by atoms with Gasteiger partial charge in [-0.15, -0.1) is 0 Å². The van der Waals surface area contributed by atoms with Crippen LogP contribution in [0.25, 0.3) is 0 Å². The highest BCUT2D eigenvalue weighted by Gasteiger charge is 1.90. The van der Waals surface area contributed by atoms with Crippen LogP contribution in [0, 0.1) is 0 Å². The molecule has 0 spiro atoms. The zero-order chi connectivity index (χ0) is 10.7. The Kier molecular flexibility index (Phi) is 12.2. The van der Waals surface area contributed by atoms with Crippen LogP contribution >= 0.6 is 0 Å². The Bertz CT molecular complexity index is 240. The first-order valence-electron chi connectivity index (χ1n) is 5.00. The van der Waals surface area contributed by atoms with Crippen LogP contribution in [0.15, 0.2) is 23.3 Å². The van der Waals surface area contributed by atoms with E-state index in [4.69, 9.17) is 0 Å². The summed E-state index contributed by atoms with van der Waals surface area (Å²) in [6.45, 7) is 9.96. The molecule has 0 saturated carbocycles. The molecule has 13 heavy (non-hydrogen) atoms. The molecule has 1 heterocycles. The number of aryl methyl sites for hydroxylation is 1. The molecule has 1 aromatic rings. The van der Waals surface area contributed by atoms with Gasteiger partial charge in [-0.3, -0.25) is 4.79 Å². The van der Waals surface area contributed by atoms with E-state index >= 15 is 0 Å². The van der Waals surface area contributed by atoms with Crippen molar-refractivity contribution in [1.29, 1.82) is 0 Å². The topological polar surface area (TPSA) is 32.9 Å². The van der Waals surface area contributed by atoms with Gasteiger partial charge >= 0.3 is 0 Å². The lowest BCUT2D eigenvalue weighted by atomic mass is 10.2. The third kappa shape index (κ3) is 6.14. The van der Waals surface area contributed by atoms with E-state index in [9.17, 15) is 4.79 Å². The largest absolute Gasteiger partial charge is 0.367 e. The predicted molar refractivity (Wildman–Crippen MR) is 59.1 cm³/mol. The van der Waals surface area contributed by atoms with Gasteiger partial charge in [-0.05, 0) is 6.42 Å². The third-order valence-corrected chi connectivity index (χ3v) is 1.29. The number of nitrogens with one attached hydrogen (secondary N) is 1. The van der Waals surface area contributed by atoms with Crippen LogP contribution in [-0.2, 0) is 6.42 Å². The Morgan fingerprint density at radius 3 is 2.08 bits per heavy atom. The van der Waals surface area contributed by atoms with Gasteiger partial charge in [0.25, 0.3) is 0 Å². The monoisotopic (exact) mass is 183 g/mol. The maximum Gasteiger partial charge on any atom is 0.184 e. The molecule has 0 radical (unpaired) electrons. The van der Waals surface area contributed by atoms with E-state index < -0.39 is 0 Å². The van der Waals surface area contributed by atoms with Gasteiger partial charge in [0.1, 0.15) is 0 Å². The van der Waals surface area contributed by atoms with Gasteiger partial charge in [0.15, 0.2) is 5.43 Å². The smallest absolute Gasteiger partial charge is 0.184 e. The molecular weight excluding hydrogens is 162 g/mol. The normalized spacial score (nSPS) is 7.46. The number of aromatic amines is 1. The minimum absolute atomic E-state index is 0.122. The van der Waals surface area contributed by atoms with Gasteiger partial charge in [-0.25, -0.2) is 0 Å². The molecular formula is C11H21NO. The lowest BCUT2D eigenvalue weighted by molar-refractivity contribution is 1.08. The van der Waals surface area contributed by atoms with E-state index in [-0.39, 0.29) is 5.43 Å². The molecule has 0 saturated heterocycles. The van der Waals surface area contributed by atoms with Crippen LogP contribution < -0.4 is 5.43 Å². The summed E-state index contributed by atoms with van der Waals surface area (Å²) in [5.41, 5.74) is 0.966. The molecule has 1 rings (SSSR count). The number of aromatic nitrogens is 1. The molecule has 0 aliphatic carbocycles. The van der Waals surface area contributed by atoms with Crippen LogP contribution in [0.3, 0.4) is 0 Å². The fourth-order valence-electron chi connectivity index (χ4n) is 0.727. The van der Waals surface area contributed by atoms with Crippen molar-refractivity contribution in [2.75, 3.05) is 0 Å². The second-order valence-electron chi connectivity index (χ2n) is 1.89. The molecule has 0 aromatic carbocycles. The summed E-state index contributed by atoms with van der Waals surface area (Å²) in [5, 5.41) is 0. The van der Waals surface area contributed by atoms with Gasteiger partial charge in [-0.1, -0.05) is 34.6 Å². The highest BCUT2D eigenvalue weighted by molar-refractivity contribution is 5.08. The Hall–Kier alpha value is -1.05. The second kappa shape index (κ2) is 11.0. The Labute approximate surface area is 81.0 Å². The summed E-state index contributed by atoms with van der Waals surface area (Å²) in [5.74, 6) is 0. The summed E-state index contributed by atoms with van der Waals surface area (Å²) in [7, 11) is 0. The number of hydrogen-bond donors (Lipinski definition) is 1. The minimum Gasteiger partial charge on any atom is -0.367 e. The van der Waals surface area contributed by atoms with E-state index in [2.05, 4.69) is 4.98 Å². The molecule has 0 aliphatic rings. The first-order chi connectivity index (χ1) is 6.34. The summed E-state index contributed by atoms with van der Waals surface area (Å²) in [4.78, 5) is 13.7. The van der Waals surface area contributed by atoms with Crippen LogP contribution in [-0.4, -0.2) is 4.98 Å². The summed E-state index contributed by atoms with van der Waals surface area (Å²) in [6, 6.07) is 1.54. The average molecular weight is 183 g/mol. The fraction of sp³-hybridized carbons (Fsp3) is 0.545.